The molecule has 0 fully saturated rings. The first-order chi connectivity index (χ1) is 20.3. The van der Waals surface area contributed by atoms with Crippen LogP contribution in [0.1, 0.15) is 66.9 Å². The monoisotopic (exact) mass is 564 g/mol. The van der Waals surface area contributed by atoms with E-state index in [0.717, 1.165) is 33.4 Å². The molecule has 0 amide bonds. The first kappa shape index (κ1) is 28.9. The van der Waals surface area contributed by atoms with E-state index in [1.807, 2.05) is 88.4 Å². The average molecular weight is 565 g/mol. The van der Waals surface area contributed by atoms with Crippen molar-refractivity contribution in [3.05, 3.63) is 117 Å². The molecule has 0 aliphatic carbocycles. The molecule has 0 bridgehead atoms. The highest BCUT2D eigenvalue weighted by Gasteiger charge is 2.29. The number of hydrogen-bond donors (Lipinski definition) is 0. The van der Waals surface area contributed by atoms with E-state index in [0.29, 0.717) is 59.8 Å². The molecule has 4 aromatic rings. The summed E-state index contributed by atoms with van der Waals surface area (Å²) in [6.07, 6.45) is 1.17. The van der Waals surface area contributed by atoms with Gasteiger partial charge in [-0.15, -0.1) is 0 Å². The van der Waals surface area contributed by atoms with Gasteiger partial charge in [-0.2, -0.15) is 0 Å². The van der Waals surface area contributed by atoms with Gasteiger partial charge < -0.3 is 18.9 Å². The molecule has 42 heavy (non-hydrogen) atoms. The normalized spacial score (nSPS) is 13.5. The van der Waals surface area contributed by atoms with Crippen LogP contribution in [0.2, 0.25) is 0 Å². The highest BCUT2D eigenvalue weighted by atomic mass is 16.5. The Balaban J connectivity index is 1.65. The summed E-state index contributed by atoms with van der Waals surface area (Å²) in [5.74, 6) is 0.305. The highest BCUT2D eigenvalue weighted by Crippen LogP contribution is 2.42. The van der Waals surface area contributed by atoms with E-state index in [9.17, 15) is 9.59 Å². The number of carbonyl (C=O) groups excluding carboxylic acids is 2. The average Bonchev–Trinajstić information content (AvgIpc) is 3.00. The molecule has 216 valence electrons. The summed E-state index contributed by atoms with van der Waals surface area (Å²) in [6.45, 7) is 9.03. The van der Waals surface area contributed by atoms with Crippen molar-refractivity contribution in [3.63, 3.8) is 0 Å². The lowest BCUT2D eigenvalue weighted by Gasteiger charge is -2.24. The lowest BCUT2D eigenvalue weighted by molar-refractivity contribution is 0.0430. The van der Waals surface area contributed by atoms with Crippen LogP contribution in [-0.4, -0.2) is 25.2 Å². The van der Waals surface area contributed by atoms with Crippen molar-refractivity contribution in [1.82, 2.24) is 0 Å². The van der Waals surface area contributed by atoms with Gasteiger partial charge in [0.25, 0.3) is 0 Å². The zero-order valence-corrected chi connectivity index (χ0v) is 24.6. The molecule has 6 heteroatoms. The highest BCUT2D eigenvalue weighted by molar-refractivity contribution is 6.06. The van der Waals surface area contributed by atoms with Gasteiger partial charge in [0.1, 0.15) is 24.7 Å². The predicted molar refractivity (Wildman–Crippen MR) is 162 cm³/mol. The summed E-state index contributed by atoms with van der Waals surface area (Å²) < 4.78 is 23.9. The quantitative estimate of drug-likeness (QED) is 0.222. The van der Waals surface area contributed by atoms with E-state index in [4.69, 9.17) is 18.9 Å². The van der Waals surface area contributed by atoms with E-state index in [1.165, 1.54) is 0 Å². The van der Waals surface area contributed by atoms with Crippen molar-refractivity contribution in [2.45, 2.75) is 53.8 Å². The molecule has 0 spiro atoms. The molecule has 1 aliphatic rings. The Bertz CT molecular complexity index is 1470. The summed E-state index contributed by atoms with van der Waals surface area (Å²) in [4.78, 5) is 27.2. The maximum atomic E-state index is 13.6. The van der Waals surface area contributed by atoms with Gasteiger partial charge in [-0.1, -0.05) is 60.7 Å². The molecule has 0 saturated heterocycles. The van der Waals surface area contributed by atoms with Gasteiger partial charge in [-0.3, -0.25) is 0 Å². The molecule has 6 nitrogen and oxygen atoms in total. The Morgan fingerprint density at radius 2 is 0.952 bits per heavy atom. The van der Waals surface area contributed by atoms with Crippen LogP contribution in [-0.2, 0) is 22.7 Å². The number of benzene rings is 4. The van der Waals surface area contributed by atoms with Crippen molar-refractivity contribution >= 4 is 11.9 Å². The third-order valence-electron chi connectivity index (χ3n) is 7.87. The van der Waals surface area contributed by atoms with Gasteiger partial charge in [0.15, 0.2) is 0 Å². The van der Waals surface area contributed by atoms with Crippen LogP contribution in [0, 0.1) is 27.7 Å². The fraction of sp³-hybridized carbons (Fsp3) is 0.278. The predicted octanol–water partition coefficient (Wildman–Crippen LogP) is 7.85. The first-order valence-electron chi connectivity index (χ1n) is 14.3. The lowest BCUT2D eigenvalue weighted by atomic mass is 9.84. The molecule has 5 rings (SSSR count). The molecule has 0 N–H and O–H groups in total. The largest absolute Gasteiger partial charge is 0.489 e. The number of rotatable bonds is 6. The van der Waals surface area contributed by atoms with E-state index in [2.05, 4.69) is 0 Å². The molecule has 0 aromatic heterocycles. The third-order valence-corrected chi connectivity index (χ3v) is 7.87. The standard InChI is InChI=1S/C36H36O6/c1-23-25(3)33-29(19-31(23)41-21-27-13-7-5-8-14-27)35(37)39-17-11-12-18-40-36(38)30-20-32(24(2)26(4)34(30)33)42-22-28-15-9-6-10-16-28/h5-10,13-16,19-20H,11-12,17-18,21-22H2,1-4H3. The molecule has 1 heterocycles. The molecular formula is C36H36O6. The van der Waals surface area contributed by atoms with Crippen LogP contribution >= 0.6 is 0 Å². The Kier molecular flexibility index (Phi) is 8.91. The molecule has 0 radical (unpaired) electrons. The number of cyclic esters (lactones) is 2. The smallest absolute Gasteiger partial charge is 0.338 e. The second-order valence-corrected chi connectivity index (χ2v) is 10.6. The van der Waals surface area contributed by atoms with Crippen molar-refractivity contribution in [2.75, 3.05) is 13.2 Å². The van der Waals surface area contributed by atoms with Crippen molar-refractivity contribution in [1.29, 1.82) is 0 Å². The van der Waals surface area contributed by atoms with Gasteiger partial charge in [0.2, 0.25) is 0 Å². The Morgan fingerprint density at radius 1 is 0.571 bits per heavy atom. The van der Waals surface area contributed by atoms with Crippen LogP contribution < -0.4 is 9.47 Å². The molecule has 0 unspecified atom stereocenters. The van der Waals surface area contributed by atoms with Crippen LogP contribution in [0.4, 0.5) is 0 Å². The molecule has 0 atom stereocenters. The Morgan fingerprint density at radius 3 is 1.33 bits per heavy atom. The van der Waals surface area contributed by atoms with Crippen LogP contribution in [0.15, 0.2) is 72.8 Å². The minimum absolute atomic E-state index is 0.236. The SMILES string of the molecule is Cc1c(OCc2ccccc2)cc2c(c1C)-c1c(cc(OCc3ccccc3)c(C)c1C)C(=O)OCCCCOC2=O. The summed E-state index contributed by atoms with van der Waals surface area (Å²) in [7, 11) is 0. The number of fused-ring (bicyclic) bond motifs is 3. The van der Waals surface area contributed by atoms with Crippen molar-refractivity contribution < 1.29 is 28.5 Å². The third kappa shape index (κ3) is 6.18. The molecule has 1 aliphatic heterocycles. The number of esters is 2. The minimum Gasteiger partial charge on any atom is -0.489 e. The van der Waals surface area contributed by atoms with Crippen LogP contribution in [0.5, 0.6) is 11.5 Å². The van der Waals surface area contributed by atoms with Gasteiger partial charge in [-0.05, 0) is 86.1 Å². The maximum Gasteiger partial charge on any atom is 0.338 e. The van der Waals surface area contributed by atoms with Gasteiger partial charge in [0.05, 0.1) is 24.3 Å². The Labute approximate surface area is 247 Å². The molecule has 0 saturated carbocycles. The summed E-state index contributed by atoms with van der Waals surface area (Å²) in [5.41, 5.74) is 7.47. The molecule has 4 aromatic carbocycles. The molecular weight excluding hydrogens is 528 g/mol. The van der Waals surface area contributed by atoms with Crippen molar-refractivity contribution in [3.8, 4) is 22.6 Å². The zero-order valence-electron chi connectivity index (χ0n) is 24.6. The van der Waals surface area contributed by atoms with Crippen molar-refractivity contribution in [2.24, 2.45) is 0 Å². The summed E-state index contributed by atoms with van der Waals surface area (Å²) in [6, 6.07) is 23.3. The number of hydrogen-bond acceptors (Lipinski definition) is 6. The number of carbonyl (C=O) groups is 2. The van der Waals surface area contributed by atoms with Gasteiger partial charge in [0, 0.05) is 11.1 Å². The lowest BCUT2D eigenvalue weighted by Crippen LogP contribution is -2.16. The summed E-state index contributed by atoms with van der Waals surface area (Å²) in [5, 5.41) is 0. The van der Waals surface area contributed by atoms with Gasteiger partial charge in [-0.25, -0.2) is 9.59 Å². The summed E-state index contributed by atoms with van der Waals surface area (Å²) >= 11 is 0. The fourth-order valence-corrected chi connectivity index (χ4v) is 5.20. The van der Waals surface area contributed by atoms with Crippen LogP contribution in [0.3, 0.4) is 0 Å². The fourth-order valence-electron chi connectivity index (χ4n) is 5.20. The van der Waals surface area contributed by atoms with E-state index >= 15 is 0 Å². The zero-order chi connectivity index (χ0) is 29.6. The maximum absolute atomic E-state index is 13.6. The van der Waals surface area contributed by atoms with E-state index in [-0.39, 0.29) is 13.2 Å². The second-order valence-electron chi connectivity index (χ2n) is 10.6. The van der Waals surface area contributed by atoms with Crippen LogP contribution in [0.25, 0.3) is 11.1 Å². The van der Waals surface area contributed by atoms with E-state index in [1.54, 1.807) is 12.1 Å². The Hall–Kier alpha value is -4.58. The van der Waals surface area contributed by atoms with Gasteiger partial charge >= 0.3 is 11.9 Å². The second kappa shape index (κ2) is 12.9. The van der Waals surface area contributed by atoms with E-state index < -0.39 is 11.9 Å². The first-order valence-corrected chi connectivity index (χ1v) is 14.3. The minimum atomic E-state index is -0.445. The number of ether oxygens (including phenoxy) is 4. The topological polar surface area (TPSA) is 71.1 Å².